The summed E-state index contributed by atoms with van der Waals surface area (Å²) in [5.41, 5.74) is 2.28. The molecule has 0 aliphatic rings. The maximum absolute atomic E-state index is 11.6. The van der Waals surface area contributed by atoms with Crippen molar-refractivity contribution in [3.8, 4) is 5.75 Å². The van der Waals surface area contributed by atoms with E-state index in [0.29, 0.717) is 10.4 Å². The number of phenolic OH excluding ortho intramolecular Hbond substituents is 1. The molecule has 1 aromatic carbocycles. The van der Waals surface area contributed by atoms with Crippen molar-refractivity contribution in [2.24, 2.45) is 5.10 Å². The molecule has 0 spiro atoms. The van der Waals surface area contributed by atoms with Gasteiger partial charge in [-0.2, -0.15) is 5.10 Å². The summed E-state index contributed by atoms with van der Waals surface area (Å²) in [6, 6.07) is 7.20. The zero-order chi connectivity index (χ0) is 14.5. The first-order valence-electron chi connectivity index (χ1n) is 5.42. The van der Waals surface area contributed by atoms with Crippen molar-refractivity contribution >= 4 is 29.1 Å². The Bertz CT molecular complexity index is 667. The molecule has 20 heavy (non-hydrogen) atoms. The van der Waals surface area contributed by atoms with E-state index < -0.39 is 16.4 Å². The fraction of sp³-hybridized carbons (Fsp3) is 0. The Kier molecular flexibility index (Phi) is 4.06. The number of phenols is 1. The Hall–Kier alpha value is -2.74. The van der Waals surface area contributed by atoms with Gasteiger partial charge >= 0.3 is 5.69 Å². The summed E-state index contributed by atoms with van der Waals surface area (Å²) in [7, 11) is 0. The number of hydrogen-bond donors (Lipinski definition) is 2. The second-order valence-electron chi connectivity index (χ2n) is 3.68. The number of nitro benzene ring substituents is 1. The van der Waals surface area contributed by atoms with Gasteiger partial charge in [0.1, 0.15) is 0 Å². The van der Waals surface area contributed by atoms with Crippen LogP contribution in [-0.2, 0) is 0 Å². The number of aromatic hydroxyl groups is 1. The minimum atomic E-state index is -0.698. The van der Waals surface area contributed by atoms with Gasteiger partial charge in [0.25, 0.3) is 5.91 Å². The van der Waals surface area contributed by atoms with Crippen molar-refractivity contribution in [3.63, 3.8) is 0 Å². The van der Waals surface area contributed by atoms with Crippen molar-refractivity contribution in [2.75, 3.05) is 0 Å². The molecule has 0 aliphatic heterocycles. The molecule has 0 fully saturated rings. The lowest BCUT2D eigenvalue weighted by Gasteiger charge is -1.98. The molecule has 0 saturated heterocycles. The topological polar surface area (TPSA) is 105 Å². The fourth-order valence-electron chi connectivity index (χ4n) is 1.40. The van der Waals surface area contributed by atoms with Crippen LogP contribution in [0, 0.1) is 10.1 Å². The molecular weight excluding hydrogens is 282 g/mol. The number of hydrogen-bond acceptors (Lipinski definition) is 6. The van der Waals surface area contributed by atoms with Gasteiger partial charge in [-0.15, -0.1) is 11.3 Å². The number of amides is 1. The van der Waals surface area contributed by atoms with Gasteiger partial charge in [0.15, 0.2) is 5.75 Å². The van der Waals surface area contributed by atoms with E-state index in [1.165, 1.54) is 29.7 Å². The van der Waals surface area contributed by atoms with Crippen LogP contribution in [0.2, 0.25) is 0 Å². The van der Waals surface area contributed by atoms with Crippen LogP contribution in [0.25, 0.3) is 0 Å². The summed E-state index contributed by atoms with van der Waals surface area (Å²) >= 11 is 1.28. The first kappa shape index (κ1) is 13.7. The highest BCUT2D eigenvalue weighted by atomic mass is 32.1. The van der Waals surface area contributed by atoms with E-state index in [4.69, 9.17) is 0 Å². The first-order chi connectivity index (χ1) is 9.58. The number of nitro groups is 1. The fourth-order valence-corrected chi connectivity index (χ4v) is 2.01. The van der Waals surface area contributed by atoms with Crippen LogP contribution in [0.5, 0.6) is 5.75 Å². The van der Waals surface area contributed by atoms with E-state index in [1.807, 2.05) is 0 Å². The minimum Gasteiger partial charge on any atom is -0.502 e. The molecule has 0 bridgehead atoms. The molecule has 0 aliphatic carbocycles. The Morgan fingerprint density at radius 1 is 1.45 bits per heavy atom. The van der Waals surface area contributed by atoms with E-state index in [2.05, 4.69) is 10.5 Å². The molecule has 0 radical (unpaired) electrons. The third-order valence-electron chi connectivity index (χ3n) is 2.32. The largest absolute Gasteiger partial charge is 0.502 e. The zero-order valence-electron chi connectivity index (χ0n) is 10.0. The molecule has 0 atom stereocenters. The molecule has 7 nitrogen and oxygen atoms in total. The number of hydrazone groups is 1. The molecular formula is C12H9N3O4S. The number of carbonyl (C=O) groups excluding carboxylic acids is 1. The molecule has 1 heterocycles. The predicted molar refractivity (Wildman–Crippen MR) is 74.1 cm³/mol. The van der Waals surface area contributed by atoms with Gasteiger partial charge < -0.3 is 5.11 Å². The SMILES string of the molecule is O=C(NN=Cc1ccc(O)c([N+](=O)[O-])c1)c1cccs1. The molecule has 2 N–H and O–H groups in total. The van der Waals surface area contributed by atoms with Crippen LogP contribution in [0.15, 0.2) is 40.8 Å². The van der Waals surface area contributed by atoms with Crippen LogP contribution in [0.3, 0.4) is 0 Å². The van der Waals surface area contributed by atoms with Crippen molar-refractivity contribution in [1.29, 1.82) is 0 Å². The van der Waals surface area contributed by atoms with Crippen LogP contribution < -0.4 is 5.43 Å². The van der Waals surface area contributed by atoms with Crippen molar-refractivity contribution in [2.45, 2.75) is 0 Å². The van der Waals surface area contributed by atoms with E-state index in [0.717, 1.165) is 6.07 Å². The summed E-state index contributed by atoms with van der Waals surface area (Å²) in [5.74, 6) is -0.778. The van der Waals surface area contributed by atoms with Crippen LogP contribution in [0.4, 0.5) is 5.69 Å². The van der Waals surface area contributed by atoms with Gasteiger partial charge in [0.2, 0.25) is 0 Å². The average molecular weight is 291 g/mol. The highest BCUT2D eigenvalue weighted by Crippen LogP contribution is 2.25. The quantitative estimate of drug-likeness (QED) is 0.511. The van der Waals surface area contributed by atoms with Crippen molar-refractivity contribution in [3.05, 3.63) is 56.3 Å². The Balaban J connectivity index is 2.07. The third kappa shape index (κ3) is 3.18. The predicted octanol–water partition coefficient (Wildman–Crippen LogP) is 2.13. The lowest BCUT2D eigenvalue weighted by Crippen LogP contribution is -2.16. The number of benzene rings is 1. The second-order valence-corrected chi connectivity index (χ2v) is 4.63. The Morgan fingerprint density at radius 3 is 2.90 bits per heavy atom. The summed E-state index contributed by atoms with van der Waals surface area (Å²) in [6.45, 7) is 0. The monoisotopic (exact) mass is 291 g/mol. The summed E-state index contributed by atoms with van der Waals surface area (Å²) in [6.07, 6.45) is 1.26. The standard InChI is InChI=1S/C12H9N3O4S/c16-10-4-3-8(6-9(10)15(18)19)7-13-14-12(17)11-2-1-5-20-11/h1-7,16H,(H,14,17). The summed E-state index contributed by atoms with van der Waals surface area (Å²) in [5, 5.41) is 25.4. The number of carbonyl (C=O) groups is 1. The molecule has 2 aromatic rings. The highest BCUT2D eigenvalue weighted by molar-refractivity contribution is 7.12. The normalized spacial score (nSPS) is 10.6. The molecule has 1 amide bonds. The molecule has 0 saturated carbocycles. The van der Waals surface area contributed by atoms with Gasteiger partial charge in [-0.1, -0.05) is 6.07 Å². The van der Waals surface area contributed by atoms with Gasteiger partial charge in [-0.05, 0) is 23.6 Å². The Labute approximate surface area is 117 Å². The number of nitrogens with zero attached hydrogens (tertiary/aromatic N) is 2. The molecule has 2 rings (SSSR count). The molecule has 102 valence electrons. The van der Waals surface area contributed by atoms with Crippen molar-refractivity contribution in [1.82, 2.24) is 5.43 Å². The smallest absolute Gasteiger partial charge is 0.311 e. The van der Waals surface area contributed by atoms with Gasteiger partial charge in [-0.25, -0.2) is 5.43 Å². The van der Waals surface area contributed by atoms with Gasteiger partial charge in [0.05, 0.1) is 16.0 Å². The maximum Gasteiger partial charge on any atom is 0.311 e. The molecule has 0 unspecified atom stereocenters. The van der Waals surface area contributed by atoms with Gasteiger partial charge in [0, 0.05) is 11.6 Å². The van der Waals surface area contributed by atoms with Crippen LogP contribution in [0.1, 0.15) is 15.2 Å². The zero-order valence-corrected chi connectivity index (χ0v) is 10.8. The van der Waals surface area contributed by atoms with Crippen molar-refractivity contribution < 1.29 is 14.8 Å². The maximum atomic E-state index is 11.6. The van der Waals surface area contributed by atoms with E-state index in [1.54, 1.807) is 17.5 Å². The number of thiophene rings is 1. The summed E-state index contributed by atoms with van der Waals surface area (Å²) in [4.78, 5) is 22.0. The first-order valence-corrected chi connectivity index (χ1v) is 6.30. The van der Waals surface area contributed by atoms with Crippen LogP contribution >= 0.6 is 11.3 Å². The third-order valence-corrected chi connectivity index (χ3v) is 3.19. The van der Waals surface area contributed by atoms with E-state index in [-0.39, 0.29) is 5.91 Å². The van der Waals surface area contributed by atoms with E-state index >= 15 is 0 Å². The summed E-state index contributed by atoms with van der Waals surface area (Å²) < 4.78 is 0. The highest BCUT2D eigenvalue weighted by Gasteiger charge is 2.12. The van der Waals surface area contributed by atoms with Crippen LogP contribution in [-0.4, -0.2) is 22.2 Å². The number of nitrogens with one attached hydrogen (secondary N) is 1. The van der Waals surface area contributed by atoms with E-state index in [9.17, 15) is 20.0 Å². The lowest BCUT2D eigenvalue weighted by molar-refractivity contribution is -0.385. The lowest BCUT2D eigenvalue weighted by atomic mass is 10.2. The Morgan fingerprint density at radius 2 is 2.25 bits per heavy atom. The molecule has 1 aromatic heterocycles. The van der Waals surface area contributed by atoms with Gasteiger partial charge in [-0.3, -0.25) is 14.9 Å². The number of rotatable bonds is 4. The molecule has 8 heteroatoms. The average Bonchev–Trinajstić information content (AvgIpc) is 2.94. The minimum absolute atomic E-state index is 0.357. The second kappa shape index (κ2) is 5.93.